The van der Waals surface area contributed by atoms with Crippen LogP contribution in [0.3, 0.4) is 0 Å². The van der Waals surface area contributed by atoms with Crippen LogP contribution in [-0.4, -0.2) is 63.1 Å². The number of nitrogens with one attached hydrogen (secondary N) is 1. The maximum Gasteiger partial charge on any atom is 0.311 e. The third-order valence-corrected chi connectivity index (χ3v) is 6.66. The molecule has 0 aromatic heterocycles. The van der Waals surface area contributed by atoms with Crippen LogP contribution >= 0.6 is 18.8 Å². The summed E-state index contributed by atoms with van der Waals surface area (Å²) in [6.07, 6.45) is 0.762. The van der Waals surface area contributed by atoms with Gasteiger partial charge < -0.3 is 9.47 Å². The first kappa shape index (κ1) is 19.8. The highest BCUT2D eigenvalue weighted by Crippen LogP contribution is 2.45. The van der Waals surface area contributed by atoms with Crippen LogP contribution in [-0.2, 0) is 14.3 Å². The second-order valence-corrected chi connectivity index (χ2v) is 9.27. The Morgan fingerprint density at radius 2 is 2.14 bits per heavy atom. The van der Waals surface area contributed by atoms with Crippen LogP contribution in [0.2, 0.25) is 0 Å². The third-order valence-electron chi connectivity index (χ3n) is 3.50. The number of nitroso groups, excluding NO2 is 1. The van der Waals surface area contributed by atoms with Gasteiger partial charge in [0.1, 0.15) is 6.61 Å². The number of carbonyl (C=O) groups is 1. The second kappa shape index (κ2) is 10.5. The molecule has 128 valence electrons. The number of nitrogens with zero attached hydrogens (tertiary/aromatic N) is 2. The van der Waals surface area contributed by atoms with Gasteiger partial charge in [-0.2, -0.15) is 0 Å². The summed E-state index contributed by atoms with van der Waals surface area (Å²) in [4.78, 5) is 27.9. The average molecular weight is 351 g/mol. The number of hydrogen-bond donors (Lipinski definition) is 1. The molecule has 1 rings (SSSR count). The summed E-state index contributed by atoms with van der Waals surface area (Å²) >= 11 is 1.39. The highest BCUT2D eigenvalue weighted by atomic mass is 32.7. The van der Waals surface area contributed by atoms with Crippen molar-refractivity contribution >= 4 is 24.8 Å². The van der Waals surface area contributed by atoms with Crippen molar-refractivity contribution in [1.29, 1.82) is 0 Å². The van der Waals surface area contributed by atoms with Crippen LogP contribution in [0.4, 0.5) is 0 Å². The molecule has 0 aromatic carbocycles. The molecule has 7 nitrogen and oxygen atoms in total. The van der Waals surface area contributed by atoms with Gasteiger partial charge in [0.2, 0.25) is 0 Å². The first-order chi connectivity index (χ1) is 10.5. The quantitative estimate of drug-likeness (QED) is 0.280. The van der Waals surface area contributed by atoms with Crippen molar-refractivity contribution in [2.75, 3.05) is 52.3 Å². The van der Waals surface area contributed by atoms with E-state index in [9.17, 15) is 9.70 Å². The summed E-state index contributed by atoms with van der Waals surface area (Å²) in [6.45, 7) is 8.39. The Morgan fingerprint density at radius 3 is 2.73 bits per heavy atom. The molecular formula is C13H26N3O4PS. The second-order valence-electron chi connectivity index (χ2n) is 5.64. The van der Waals surface area contributed by atoms with Gasteiger partial charge in [0.15, 0.2) is 7.42 Å². The summed E-state index contributed by atoms with van der Waals surface area (Å²) in [5.74, 6) is 0.387. The van der Waals surface area contributed by atoms with Crippen molar-refractivity contribution < 1.29 is 14.3 Å². The van der Waals surface area contributed by atoms with E-state index in [0.29, 0.717) is 12.4 Å². The van der Waals surface area contributed by atoms with Gasteiger partial charge in [-0.25, -0.2) is 0 Å². The zero-order valence-corrected chi connectivity index (χ0v) is 15.3. The fourth-order valence-electron chi connectivity index (χ4n) is 1.95. The lowest BCUT2D eigenvalue weighted by molar-refractivity contribution is -0.153. The molecule has 1 fully saturated rings. The molecule has 0 saturated carbocycles. The molecule has 0 bridgehead atoms. The molecule has 1 aliphatic heterocycles. The van der Waals surface area contributed by atoms with Crippen LogP contribution in [0.15, 0.2) is 4.95 Å². The molecule has 0 amide bonds. The molecule has 1 atom stereocenters. The Morgan fingerprint density at radius 1 is 1.45 bits per heavy atom. The standard InChI is InChI=1S/C13H26N3O4PS/c1-13(2,4-5-16-6-8-19-9-7-16)12(17)20-10-11-22-21(14-3)15-18/h14H,4-11H2,1-3H3. The van der Waals surface area contributed by atoms with E-state index in [1.165, 1.54) is 11.4 Å². The highest BCUT2D eigenvalue weighted by molar-refractivity contribution is 8.54. The molecule has 1 aliphatic rings. The highest BCUT2D eigenvalue weighted by Gasteiger charge is 2.30. The smallest absolute Gasteiger partial charge is 0.311 e. The van der Waals surface area contributed by atoms with Crippen LogP contribution < -0.4 is 5.09 Å². The van der Waals surface area contributed by atoms with Crippen molar-refractivity contribution in [1.82, 2.24) is 9.99 Å². The van der Waals surface area contributed by atoms with Crippen LogP contribution in [0, 0.1) is 10.3 Å². The lowest BCUT2D eigenvalue weighted by Gasteiger charge is -2.30. The Hall–Kier alpha value is -0.270. The largest absolute Gasteiger partial charge is 0.464 e. The maximum absolute atomic E-state index is 12.2. The Bertz CT molecular complexity index is 354. The van der Waals surface area contributed by atoms with Gasteiger partial charge in [0, 0.05) is 18.8 Å². The van der Waals surface area contributed by atoms with E-state index in [-0.39, 0.29) is 5.97 Å². The zero-order chi connectivity index (χ0) is 16.4. The number of morpholine rings is 1. The van der Waals surface area contributed by atoms with Gasteiger partial charge in [0.25, 0.3) is 0 Å². The third kappa shape index (κ3) is 7.33. The van der Waals surface area contributed by atoms with E-state index in [1.54, 1.807) is 7.05 Å². The number of ether oxygens (including phenoxy) is 2. The Labute approximate surface area is 137 Å². The summed E-state index contributed by atoms with van der Waals surface area (Å²) in [7, 11) is 0.591. The van der Waals surface area contributed by atoms with Crippen LogP contribution in [0.1, 0.15) is 20.3 Å². The SMILES string of the molecule is CNP(N=O)SCCOC(=O)C(C)(C)CCN1CCOCC1. The minimum Gasteiger partial charge on any atom is -0.464 e. The van der Waals surface area contributed by atoms with E-state index >= 15 is 0 Å². The topological polar surface area (TPSA) is 80.2 Å². The van der Waals surface area contributed by atoms with E-state index in [2.05, 4.69) is 14.9 Å². The summed E-state index contributed by atoms with van der Waals surface area (Å²) in [6, 6.07) is 0. The molecule has 9 heteroatoms. The minimum absolute atomic E-state index is 0.186. The number of hydrogen-bond acceptors (Lipinski definition) is 8. The first-order valence-electron chi connectivity index (χ1n) is 7.40. The Kier molecular flexibility index (Phi) is 9.43. The van der Waals surface area contributed by atoms with Crippen molar-refractivity contribution in [2.24, 2.45) is 10.4 Å². The number of rotatable bonds is 10. The van der Waals surface area contributed by atoms with E-state index in [4.69, 9.17) is 9.47 Å². The molecule has 0 aliphatic carbocycles. The molecule has 22 heavy (non-hydrogen) atoms. The monoisotopic (exact) mass is 351 g/mol. The van der Waals surface area contributed by atoms with Crippen LogP contribution in [0.25, 0.3) is 0 Å². The number of carbonyl (C=O) groups excluding carboxylic acids is 1. The molecule has 1 unspecified atom stereocenters. The lowest BCUT2D eigenvalue weighted by Crippen LogP contribution is -2.39. The molecular weight excluding hydrogens is 325 g/mol. The molecule has 0 aromatic rings. The van der Waals surface area contributed by atoms with Crippen LogP contribution in [0.5, 0.6) is 0 Å². The van der Waals surface area contributed by atoms with Gasteiger partial charge in [-0.05, 0) is 38.8 Å². The molecule has 1 N–H and O–H groups in total. The minimum atomic E-state index is -1.10. The van der Waals surface area contributed by atoms with Gasteiger partial charge in [-0.15, -0.1) is 4.91 Å². The van der Waals surface area contributed by atoms with E-state index < -0.39 is 12.8 Å². The van der Waals surface area contributed by atoms with E-state index in [0.717, 1.165) is 39.3 Å². The van der Waals surface area contributed by atoms with Gasteiger partial charge >= 0.3 is 5.97 Å². The summed E-state index contributed by atoms with van der Waals surface area (Å²) < 4.78 is 10.6. The predicted molar refractivity (Wildman–Crippen MR) is 90.8 cm³/mol. The lowest BCUT2D eigenvalue weighted by atomic mass is 9.89. The molecule has 1 saturated heterocycles. The molecule has 0 radical (unpaired) electrons. The molecule has 0 spiro atoms. The predicted octanol–water partition coefficient (Wildman–Crippen LogP) is 2.22. The van der Waals surface area contributed by atoms with E-state index in [1.807, 2.05) is 13.8 Å². The van der Waals surface area contributed by atoms with Gasteiger partial charge in [-0.1, -0.05) is 11.4 Å². The van der Waals surface area contributed by atoms with Crippen molar-refractivity contribution in [2.45, 2.75) is 20.3 Å². The normalized spacial score (nSPS) is 18.0. The van der Waals surface area contributed by atoms with Crippen molar-refractivity contribution in [3.05, 3.63) is 4.91 Å². The van der Waals surface area contributed by atoms with Crippen molar-refractivity contribution in [3.63, 3.8) is 0 Å². The summed E-state index contributed by atoms with van der Waals surface area (Å²) in [5, 5.41) is 2.82. The average Bonchev–Trinajstić information content (AvgIpc) is 2.54. The first-order valence-corrected chi connectivity index (χ1v) is 10.3. The van der Waals surface area contributed by atoms with Gasteiger partial charge in [0.05, 0.1) is 18.6 Å². The van der Waals surface area contributed by atoms with Gasteiger partial charge in [-0.3, -0.25) is 14.8 Å². The summed E-state index contributed by atoms with van der Waals surface area (Å²) in [5.41, 5.74) is -0.500. The number of esters is 1. The van der Waals surface area contributed by atoms with Crippen molar-refractivity contribution in [3.8, 4) is 0 Å². The fourth-order valence-corrected chi connectivity index (χ4v) is 3.81. The maximum atomic E-state index is 12.2. The fraction of sp³-hybridized carbons (Fsp3) is 0.923. The Balaban J connectivity index is 2.22. The molecule has 1 heterocycles. The zero-order valence-electron chi connectivity index (χ0n) is 13.5.